The minimum atomic E-state index is -0.547. The molecule has 1 amide bonds. The molecule has 0 radical (unpaired) electrons. The predicted octanol–water partition coefficient (Wildman–Crippen LogP) is 2.61. The molecule has 24 heavy (non-hydrogen) atoms. The van der Waals surface area contributed by atoms with E-state index >= 15 is 0 Å². The van der Waals surface area contributed by atoms with Crippen LogP contribution in [0.4, 0.5) is 4.79 Å². The summed E-state index contributed by atoms with van der Waals surface area (Å²) in [6.07, 6.45) is 0.527. The van der Waals surface area contributed by atoms with Crippen molar-refractivity contribution in [3.8, 4) is 0 Å². The number of hydrogen-bond acceptors (Lipinski definition) is 4. The molecular formula is C19H27NO4. The van der Waals surface area contributed by atoms with Crippen LogP contribution in [0.25, 0.3) is 0 Å². The van der Waals surface area contributed by atoms with Crippen molar-refractivity contribution in [3.63, 3.8) is 0 Å². The Balaban J connectivity index is 1.81. The van der Waals surface area contributed by atoms with E-state index in [1.807, 2.05) is 39.0 Å². The summed E-state index contributed by atoms with van der Waals surface area (Å²) < 4.78 is 5.46. The lowest BCUT2D eigenvalue weighted by Gasteiger charge is -2.55. The van der Waals surface area contributed by atoms with Gasteiger partial charge in [-0.2, -0.15) is 0 Å². The molecule has 1 aliphatic carbocycles. The van der Waals surface area contributed by atoms with Gasteiger partial charge in [0.1, 0.15) is 5.60 Å². The molecule has 0 saturated carbocycles. The fourth-order valence-electron chi connectivity index (χ4n) is 4.08. The van der Waals surface area contributed by atoms with E-state index in [4.69, 9.17) is 4.74 Å². The fourth-order valence-corrected chi connectivity index (χ4v) is 4.08. The number of rotatable bonds is 2. The first-order chi connectivity index (χ1) is 11.3. The van der Waals surface area contributed by atoms with Crippen LogP contribution in [0.5, 0.6) is 0 Å². The number of carbonyl (C=O) groups is 1. The maximum absolute atomic E-state index is 12.3. The van der Waals surface area contributed by atoms with E-state index in [-0.39, 0.29) is 24.0 Å². The number of aliphatic hydroxyl groups excluding tert-OH is 2. The molecule has 1 heterocycles. The van der Waals surface area contributed by atoms with Gasteiger partial charge in [0.15, 0.2) is 0 Å². The average molecular weight is 333 g/mol. The van der Waals surface area contributed by atoms with Gasteiger partial charge < -0.3 is 19.8 Å². The molecule has 2 N–H and O–H groups in total. The molecule has 1 aromatic rings. The quantitative estimate of drug-likeness (QED) is 0.873. The lowest BCUT2D eigenvalue weighted by Crippen LogP contribution is -2.64. The second kappa shape index (κ2) is 6.05. The van der Waals surface area contributed by atoms with Crippen molar-refractivity contribution < 1.29 is 19.7 Å². The number of likely N-dealkylation sites (tertiary alicyclic amines) is 1. The van der Waals surface area contributed by atoms with Crippen LogP contribution in [-0.2, 0) is 10.2 Å². The number of aliphatic hydroxyl groups is 2. The largest absolute Gasteiger partial charge is 0.444 e. The van der Waals surface area contributed by atoms with Gasteiger partial charge in [0.25, 0.3) is 0 Å². The number of nitrogens with zero attached hydrogens (tertiary/aromatic N) is 1. The van der Waals surface area contributed by atoms with Crippen molar-refractivity contribution in [1.82, 2.24) is 4.90 Å². The highest BCUT2D eigenvalue weighted by atomic mass is 16.6. The highest BCUT2D eigenvalue weighted by Gasteiger charge is 2.53. The van der Waals surface area contributed by atoms with Crippen molar-refractivity contribution in [3.05, 3.63) is 35.4 Å². The first-order valence-electron chi connectivity index (χ1n) is 8.62. The third kappa shape index (κ3) is 3.03. The van der Waals surface area contributed by atoms with Crippen molar-refractivity contribution in [2.75, 3.05) is 19.7 Å². The number of carbonyl (C=O) groups excluding carboxylic acids is 1. The van der Waals surface area contributed by atoms with Crippen LogP contribution in [0.2, 0.25) is 0 Å². The number of ether oxygens (including phenoxy) is 1. The third-order valence-electron chi connectivity index (χ3n) is 5.09. The summed E-state index contributed by atoms with van der Waals surface area (Å²) in [5, 5.41) is 19.9. The molecule has 2 atom stereocenters. The Bertz CT molecular complexity index is 616. The minimum absolute atomic E-state index is 0.0192. The van der Waals surface area contributed by atoms with Crippen LogP contribution >= 0.6 is 0 Å². The van der Waals surface area contributed by atoms with E-state index in [9.17, 15) is 15.0 Å². The van der Waals surface area contributed by atoms with Gasteiger partial charge in [-0.1, -0.05) is 24.3 Å². The summed E-state index contributed by atoms with van der Waals surface area (Å²) in [7, 11) is 0. The molecule has 3 rings (SSSR count). The van der Waals surface area contributed by atoms with Crippen molar-refractivity contribution >= 4 is 6.09 Å². The van der Waals surface area contributed by atoms with E-state index in [1.165, 1.54) is 0 Å². The molecule has 5 heteroatoms. The Morgan fingerprint density at radius 1 is 1.33 bits per heavy atom. The monoisotopic (exact) mass is 333 g/mol. The maximum Gasteiger partial charge on any atom is 0.410 e. The minimum Gasteiger partial charge on any atom is -0.444 e. The Morgan fingerprint density at radius 2 is 2.00 bits per heavy atom. The zero-order valence-electron chi connectivity index (χ0n) is 14.7. The topological polar surface area (TPSA) is 70.0 Å². The summed E-state index contributed by atoms with van der Waals surface area (Å²) in [6, 6.07) is 7.93. The van der Waals surface area contributed by atoms with Gasteiger partial charge >= 0.3 is 6.09 Å². The van der Waals surface area contributed by atoms with Crippen molar-refractivity contribution in [2.24, 2.45) is 5.92 Å². The average Bonchev–Trinajstić information content (AvgIpc) is 2.46. The van der Waals surface area contributed by atoms with E-state index in [1.54, 1.807) is 4.90 Å². The molecule has 1 saturated heterocycles. The molecule has 5 nitrogen and oxygen atoms in total. The molecule has 2 unspecified atom stereocenters. The van der Waals surface area contributed by atoms with Crippen molar-refractivity contribution in [1.29, 1.82) is 0 Å². The normalized spacial score (nSPS) is 25.1. The molecule has 1 fully saturated rings. The zero-order chi connectivity index (χ0) is 17.5. The van der Waals surface area contributed by atoms with Gasteiger partial charge in [-0.25, -0.2) is 4.79 Å². The van der Waals surface area contributed by atoms with Gasteiger partial charge in [-0.05, 0) is 50.7 Å². The Labute approximate surface area is 143 Å². The lowest BCUT2D eigenvalue weighted by atomic mass is 9.60. The molecule has 2 aliphatic rings. The highest BCUT2D eigenvalue weighted by molar-refractivity contribution is 5.70. The van der Waals surface area contributed by atoms with Crippen LogP contribution in [0.15, 0.2) is 24.3 Å². The van der Waals surface area contributed by atoms with Gasteiger partial charge in [-0.15, -0.1) is 0 Å². The smallest absolute Gasteiger partial charge is 0.410 e. The summed E-state index contributed by atoms with van der Waals surface area (Å²) in [6.45, 7) is 6.87. The van der Waals surface area contributed by atoms with E-state index in [0.29, 0.717) is 19.5 Å². The second-order valence-electron chi connectivity index (χ2n) is 8.13. The van der Waals surface area contributed by atoms with E-state index in [2.05, 4.69) is 6.07 Å². The highest BCUT2D eigenvalue weighted by Crippen LogP contribution is 2.50. The van der Waals surface area contributed by atoms with Crippen LogP contribution < -0.4 is 0 Å². The number of benzene rings is 1. The molecule has 1 spiro atoms. The van der Waals surface area contributed by atoms with Crippen LogP contribution in [0, 0.1) is 5.92 Å². The summed E-state index contributed by atoms with van der Waals surface area (Å²) in [5.74, 6) is 0.0192. The van der Waals surface area contributed by atoms with Crippen LogP contribution in [0.3, 0.4) is 0 Å². The van der Waals surface area contributed by atoms with E-state index in [0.717, 1.165) is 17.5 Å². The number of hydrogen-bond donors (Lipinski definition) is 2. The fraction of sp³-hybridized carbons (Fsp3) is 0.632. The van der Waals surface area contributed by atoms with Crippen molar-refractivity contribution in [2.45, 2.75) is 50.7 Å². The Kier molecular flexibility index (Phi) is 4.34. The van der Waals surface area contributed by atoms with Gasteiger partial charge in [0.2, 0.25) is 0 Å². The third-order valence-corrected chi connectivity index (χ3v) is 5.09. The number of amides is 1. The Morgan fingerprint density at radius 3 is 2.62 bits per heavy atom. The van der Waals surface area contributed by atoms with Gasteiger partial charge in [0.05, 0.1) is 6.10 Å². The summed E-state index contributed by atoms with van der Waals surface area (Å²) in [4.78, 5) is 14.0. The SMILES string of the molecule is CC(C)(C)OC(=O)N1CC2(CC(CCO)C(O)c3ccccc32)C1. The predicted molar refractivity (Wildman–Crippen MR) is 90.7 cm³/mol. The molecule has 1 aromatic carbocycles. The first kappa shape index (κ1) is 17.2. The summed E-state index contributed by atoms with van der Waals surface area (Å²) >= 11 is 0. The lowest BCUT2D eigenvalue weighted by molar-refractivity contribution is -0.0329. The standard InChI is InChI=1S/C19H27NO4/c1-18(2,3)24-17(23)20-11-19(12-20)10-13(8-9-21)16(22)14-6-4-5-7-15(14)19/h4-7,13,16,21-22H,8-12H2,1-3H3. The molecule has 132 valence electrons. The molecule has 0 aromatic heterocycles. The molecule has 1 aliphatic heterocycles. The zero-order valence-corrected chi connectivity index (χ0v) is 14.7. The Hall–Kier alpha value is -1.59. The van der Waals surface area contributed by atoms with Gasteiger partial charge in [0, 0.05) is 25.1 Å². The first-order valence-corrected chi connectivity index (χ1v) is 8.62. The molecular weight excluding hydrogens is 306 g/mol. The van der Waals surface area contributed by atoms with Gasteiger partial charge in [-0.3, -0.25) is 0 Å². The maximum atomic E-state index is 12.3. The van der Waals surface area contributed by atoms with Crippen LogP contribution in [-0.4, -0.2) is 46.5 Å². The van der Waals surface area contributed by atoms with E-state index < -0.39 is 11.7 Å². The molecule has 0 bridgehead atoms. The second-order valence-corrected chi connectivity index (χ2v) is 8.13. The summed E-state index contributed by atoms with van der Waals surface area (Å²) in [5.41, 5.74) is 1.43. The number of fused-ring (bicyclic) bond motifs is 2. The van der Waals surface area contributed by atoms with Crippen LogP contribution in [0.1, 0.15) is 50.8 Å².